The molecule has 152 valence electrons. The van der Waals surface area contributed by atoms with Gasteiger partial charge in [0.2, 0.25) is 0 Å². The molecule has 0 bridgehead atoms. The first-order valence-electron chi connectivity index (χ1n) is 10.2. The van der Waals surface area contributed by atoms with Crippen LogP contribution in [0.25, 0.3) is 0 Å². The van der Waals surface area contributed by atoms with Gasteiger partial charge in [0.1, 0.15) is 6.79 Å². The lowest BCUT2D eigenvalue weighted by molar-refractivity contribution is -0.218. The van der Waals surface area contributed by atoms with Gasteiger partial charge >= 0.3 is 5.97 Å². The van der Waals surface area contributed by atoms with Crippen molar-refractivity contribution in [1.29, 1.82) is 0 Å². The van der Waals surface area contributed by atoms with Gasteiger partial charge in [-0.1, -0.05) is 19.1 Å². The van der Waals surface area contributed by atoms with Crippen LogP contribution < -0.4 is 5.56 Å². The zero-order valence-corrected chi connectivity index (χ0v) is 16.4. The molecule has 0 radical (unpaired) electrons. The van der Waals surface area contributed by atoms with Gasteiger partial charge in [-0.2, -0.15) is 0 Å². The summed E-state index contributed by atoms with van der Waals surface area (Å²) >= 11 is 0. The Morgan fingerprint density at radius 3 is 3.00 bits per heavy atom. The number of allylic oxidation sites excluding steroid dienone is 1. The Bertz CT molecular complexity index is 830. The minimum absolute atomic E-state index is 0.120. The fourth-order valence-electron chi connectivity index (χ4n) is 5.94. The first-order valence-corrected chi connectivity index (χ1v) is 10.2. The van der Waals surface area contributed by atoms with Gasteiger partial charge in [0.25, 0.3) is 5.56 Å². The standard InChI is InChI=1S/C22H29NO5/c1-14-3-5-18-16-12-27-13-28-19(16)7-9-22(18,2)17(14)8-10-23-11-15(21(25)26)4-6-20(23)24/h4,6,11,16-19H,1,3,5,7-10,12-13H2,2H3,(H,25,26). The van der Waals surface area contributed by atoms with Crippen molar-refractivity contribution in [2.75, 3.05) is 13.4 Å². The van der Waals surface area contributed by atoms with E-state index in [0.717, 1.165) is 38.7 Å². The maximum atomic E-state index is 12.2. The number of rotatable bonds is 4. The quantitative estimate of drug-likeness (QED) is 0.802. The van der Waals surface area contributed by atoms with Crippen LogP contribution in [0.1, 0.15) is 49.4 Å². The second-order valence-electron chi connectivity index (χ2n) is 8.80. The minimum Gasteiger partial charge on any atom is -0.478 e. The number of carboxylic acid groups (broad SMARTS) is 1. The van der Waals surface area contributed by atoms with Crippen LogP contribution in [0, 0.1) is 23.2 Å². The number of fused-ring (bicyclic) bond motifs is 3. The maximum absolute atomic E-state index is 12.2. The van der Waals surface area contributed by atoms with Gasteiger partial charge < -0.3 is 19.1 Å². The van der Waals surface area contributed by atoms with Crippen LogP contribution in [-0.4, -0.2) is 35.1 Å². The van der Waals surface area contributed by atoms with Crippen molar-refractivity contribution >= 4 is 5.97 Å². The molecule has 1 N–H and O–H groups in total. The first-order chi connectivity index (χ1) is 13.4. The molecule has 1 aromatic rings. The molecule has 2 saturated carbocycles. The molecule has 1 saturated heterocycles. The molecule has 6 nitrogen and oxygen atoms in total. The number of aromatic carboxylic acids is 1. The molecule has 3 aliphatic rings. The summed E-state index contributed by atoms with van der Waals surface area (Å²) in [6.45, 7) is 8.42. The van der Waals surface area contributed by atoms with Gasteiger partial charge in [-0.05, 0) is 55.4 Å². The predicted molar refractivity (Wildman–Crippen MR) is 104 cm³/mol. The van der Waals surface area contributed by atoms with Crippen LogP contribution in [0.4, 0.5) is 0 Å². The Balaban J connectivity index is 1.55. The van der Waals surface area contributed by atoms with Gasteiger partial charge in [0.15, 0.2) is 0 Å². The molecular formula is C22H29NO5. The molecule has 1 aromatic heterocycles. The molecular weight excluding hydrogens is 358 g/mol. The second kappa shape index (κ2) is 7.48. The highest BCUT2D eigenvalue weighted by Gasteiger charge is 2.53. The number of aryl methyl sites for hydroxylation is 1. The van der Waals surface area contributed by atoms with Gasteiger partial charge in [0.05, 0.1) is 18.3 Å². The number of carbonyl (C=O) groups is 1. The summed E-state index contributed by atoms with van der Waals surface area (Å²) in [5.41, 5.74) is 1.36. The van der Waals surface area contributed by atoms with Crippen molar-refractivity contribution in [3.8, 4) is 0 Å². The lowest BCUT2D eigenvalue weighted by atomic mass is 9.50. The van der Waals surface area contributed by atoms with E-state index in [1.165, 1.54) is 28.5 Å². The van der Waals surface area contributed by atoms with E-state index in [9.17, 15) is 14.7 Å². The van der Waals surface area contributed by atoms with Crippen molar-refractivity contribution < 1.29 is 19.4 Å². The van der Waals surface area contributed by atoms with Gasteiger partial charge in [-0.15, -0.1) is 0 Å². The van der Waals surface area contributed by atoms with Crippen molar-refractivity contribution in [3.05, 3.63) is 46.4 Å². The molecule has 0 spiro atoms. The molecule has 6 heteroatoms. The van der Waals surface area contributed by atoms with E-state index in [1.54, 1.807) is 0 Å². The third kappa shape index (κ3) is 3.33. The van der Waals surface area contributed by atoms with Crippen LogP contribution in [0.15, 0.2) is 35.3 Å². The van der Waals surface area contributed by atoms with Crippen molar-refractivity contribution in [2.24, 2.45) is 23.2 Å². The fraction of sp³-hybridized carbons (Fsp3) is 0.636. The molecule has 1 aliphatic heterocycles. The second-order valence-corrected chi connectivity index (χ2v) is 8.80. The number of hydrogen-bond donors (Lipinski definition) is 1. The summed E-state index contributed by atoms with van der Waals surface area (Å²) in [4.78, 5) is 23.5. The number of ether oxygens (including phenoxy) is 2. The number of hydrogen-bond acceptors (Lipinski definition) is 4. The van der Waals surface area contributed by atoms with E-state index in [0.29, 0.717) is 37.2 Å². The molecule has 5 unspecified atom stereocenters. The summed E-state index contributed by atoms with van der Waals surface area (Å²) < 4.78 is 13.0. The number of aromatic nitrogens is 1. The monoisotopic (exact) mass is 387 g/mol. The summed E-state index contributed by atoms with van der Waals surface area (Å²) in [7, 11) is 0. The van der Waals surface area contributed by atoms with Gasteiger partial charge in [0, 0.05) is 24.7 Å². The Kier molecular flexibility index (Phi) is 5.19. The highest BCUT2D eigenvalue weighted by Crippen LogP contribution is 2.58. The van der Waals surface area contributed by atoms with Crippen LogP contribution in [0.5, 0.6) is 0 Å². The lowest BCUT2D eigenvalue weighted by Crippen LogP contribution is -2.54. The molecule has 5 atom stereocenters. The molecule has 2 heterocycles. The van der Waals surface area contributed by atoms with Crippen molar-refractivity contribution in [2.45, 2.75) is 51.7 Å². The van der Waals surface area contributed by atoms with Crippen molar-refractivity contribution in [3.63, 3.8) is 0 Å². The first kappa shape index (κ1) is 19.4. The molecule has 0 aromatic carbocycles. The number of carboxylic acids is 1. The van der Waals surface area contributed by atoms with E-state index < -0.39 is 5.97 Å². The van der Waals surface area contributed by atoms with Gasteiger partial charge in [-0.25, -0.2) is 4.79 Å². The zero-order valence-electron chi connectivity index (χ0n) is 16.4. The Hall–Kier alpha value is -1.92. The van der Waals surface area contributed by atoms with E-state index in [4.69, 9.17) is 9.47 Å². The molecule has 0 amide bonds. The third-order valence-corrected chi connectivity index (χ3v) is 7.44. The highest BCUT2D eigenvalue weighted by atomic mass is 16.7. The molecule has 3 fully saturated rings. The average Bonchev–Trinajstić information content (AvgIpc) is 2.68. The zero-order chi connectivity index (χ0) is 19.9. The predicted octanol–water partition coefficient (Wildman–Crippen LogP) is 3.31. The minimum atomic E-state index is -1.02. The summed E-state index contributed by atoms with van der Waals surface area (Å²) in [5.74, 6) is 0.262. The van der Waals surface area contributed by atoms with E-state index in [2.05, 4.69) is 13.5 Å². The van der Waals surface area contributed by atoms with Crippen LogP contribution in [0.3, 0.4) is 0 Å². The molecule has 4 rings (SSSR count). The summed E-state index contributed by atoms with van der Waals surface area (Å²) in [6.07, 6.45) is 6.80. The molecule has 28 heavy (non-hydrogen) atoms. The average molecular weight is 387 g/mol. The topological polar surface area (TPSA) is 77.8 Å². The highest BCUT2D eigenvalue weighted by molar-refractivity contribution is 5.87. The number of pyridine rings is 1. The van der Waals surface area contributed by atoms with Crippen molar-refractivity contribution in [1.82, 2.24) is 4.57 Å². The maximum Gasteiger partial charge on any atom is 0.337 e. The number of nitrogens with zero attached hydrogens (tertiary/aromatic N) is 1. The smallest absolute Gasteiger partial charge is 0.337 e. The van der Waals surface area contributed by atoms with Gasteiger partial charge in [-0.3, -0.25) is 4.79 Å². The lowest BCUT2D eigenvalue weighted by Gasteiger charge is -2.57. The van der Waals surface area contributed by atoms with Crippen LogP contribution in [-0.2, 0) is 16.0 Å². The van der Waals surface area contributed by atoms with E-state index >= 15 is 0 Å². The van der Waals surface area contributed by atoms with E-state index in [-0.39, 0.29) is 16.5 Å². The van der Waals surface area contributed by atoms with E-state index in [1.807, 2.05) is 0 Å². The summed E-state index contributed by atoms with van der Waals surface area (Å²) in [6, 6.07) is 2.70. The SMILES string of the molecule is C=C1CCC2C3COCOC3CCC2(C)C1CCn1cc(C(=O)O)ccc1=O. The summed E-state index contributed by atoms with van der Waals surface area (Å²) in [5, 5.41) is 9.21. The fourth-order valence-corrected chi connectivity index (χ4v) is 5.94. The van der Waals surface area contributed by atoms with Crippen LogP contribution >= 0.6 is 0 Å². The largest absolute Gasteiger partial charge is 0.478 e. The Morgan fingerprint density at radius 1 is 1.39 bits per heavy atom. The molecule has 2 aliphatic carbocycles. The third-order valence-electron chi connectivity index (χ3n) is 7.44. The Labute approximate surface area is 165 Å². The normalized spacial score (nSPS) is 35.1. The Morgan fingerprint density at radius 2 is 2.21 bits per heavy atom. The van der Waals surface area contributed by atoms with Crippen LogP contribution in [0.2, 0.25) is 0 Å².